The molecule has 0 unspecified atom stereocenters. The van der Waals surface area contributed by atoms with E-state index >= 15 is 0 Å². The standard InChI is InChI=1S/C15H28N2O2/c1-11-5-3-7-14(12(11)2)16-15(19)17-8-4-6-13(9-17)10-18/h11-14,18H,3-10H2,1-2H3,(H,16,19)/t11-,12-,13+,14+/m1/s1. The number of hydrogen-bond donors (Lipinski definition) is 2. The lowest BCUT2D eigenvalue weighted by atomic mass is 9.78. The predicted molar refractivity (Wildman–Crippen MR) is 75.9 cm³/mol. The van der Waals surface area contributed by atoms with Gasteiger partial charge >= 0.3 is 6.03 Å². The fraction of sp³-hybridized carbons (Fsp3) is 0.933. The Labute approximate surface area is 116 Å². The third kappa shape index (κ3) is 3.62. The van der Waals surface area contributed by atoms with Crippen LogP contribution in [0.3, 0.4) is 0 Å². The second-order valence-electron chi connectivity index (χ2n) is 6.46. The molecule has 4 heteroatoms. The monoisotopic (exact) mass is 268 g/mol. The number of aliphatic hydroxyl groups is 1. The SMILES string of the molecule is C[C@@H]1[C@H](C)CCC[C@@H]1NC(=O)N1CCC[C@H](CO)C1. The fourth-order valence-corrected chi connectivity index (χ4v) is 3.43. The second-order valence-corrected chi connectivity index (χ2v) is 6.46. The van der Waals surface area contributed by atoms with Gasteiger partial charge in [0.15, 0.2) is 0 Å². The number of urea groups is 1. The number of nitrogens with zero attached hydrogens (tertiary/aromatic N) is 1. The molecule has 1 heterocycles. The van der Waals surface area contributed by atoms with E-state index in [1.165, 1.54) is 12.8 Å². The highest BCUT2D eigenvalue weighted by Crippen LogP contribution is 2.29. The lowest BCUT2D eigenvalue weighted by Gasteiger charge is -2.38. The van der Waals surface area contributed by atoms with E-state index < -0.39 is 0 Å². The first-order chi connectivity index (χ1) is 9.11. The fourth-order valence-electron chi connectivity index (χ4n) is 3.43. The van der Waals surface area contributed by atoms with Gasteiger partial charge in [0, 0.05) is 25.7 Å². The minimum atomic E-state index is 0.0732. The predicted octanol–water partition coefficient (Wildman–Crippen LogP) is 2.23. The van der Waals surface area contributed by atoms with E-state index in [1.54, 1.807) is 0 Å². The number of aliphatic hydroxyl groups excluding tert-OH is 1. The number of rotatable bonds is 2. The maximum atomic E-state index is 12.3. The zero-order chi connectivity index (χ0) is 13.8. The molecule has 0 spiro atoms. The first-order valence-electron chi connectivity index (χ1n) is 7.78. The molecule has 2 fully saturated rings. The van der Waals surface area contributed by atoms with Crippen molar-refractivity contribution in [3.63, 3.8) is 0 Å². The van der Waals surface area contributed by atoms with Crippen molar-refractivity contribution < 1.29 is 9.90 Å². The van der Waals surface area contributed by atoms with Crippen LogP contribution in [0.25, 0.3) is 0 Å². The molecule has 1 aliphatic heterocycles. The first-order valence-corrected chi connectivity index (χ1v) is 7.78. The average Bonchev–Trinajstić information content (AvgIpc) is 2.44. The summed E-state index contributed by atoms with van der Waals surface area (Å²) >= 11 is 0. The number of amides is 2. The summed E-state index contributed by atoms with van der Waals surface area (Å²) in [6.45, 7) is 6.27. The molecular formula is C15H28N2O2. The van der Waals surface area contributed by atoms with Crippen LogP contribution in [-0.2, 0) is 0 Å². The van der Waals surface area contributed by atoms with Crippen molar-refractivity contribution in [1.82, 2.24) is 10.2 Å². The van der Waals surface area contributed by atoms with Crippen molar-refractivity contribution in [3.8, 4) is 0 Å². The molecule has 4 atom stereocenters. The molecule has 4 nitrogen and oxygen atoms in total. The number of piperidine rings is 1. The highest BCUT2D eigenvalue weighted by atomic mass is 16.3. The van der Waals surface area contributed by atoms with Crippen molar-refractivity contribution in [2.75, 3.05) is 19.7 Å². The molecule has 2 N–H and O–H groups in total. The summed E-state index contributed by atoms with van der Waals surface area (Å²) in [6.07, 6.45) is 5.65. The van der Waals surface area contributed by atoms with Crippen molar-refractivity contribution >= 4 is 6.03 Å². The lowest BCUT2D eigenvalue weighted by Crippen LogP contribution is -2.52. The normalized spacial score (nSPS) is 36.1. The molecule has 2 rings (SSSR count). The quantitative estimate of drug-likeness (QED) is 0.807. The van der Waals surface area contributed by atoms with Crippen molar-refractivity contribution in [2.24, 2.45) is 17.8 Å². The molecule has 0 radical (unpaired) electrons. The van der Waals surface area contributed by atoms with Gasteiger partial charge in [0.05, 0.1) is 0 Å². The number of carbonyl (C=O) groups excluding carboxylic acids is 1. The Kier molecular flexibility index (Phi) is 5.08. The Morgan fingerprint density at radius 3 is 2.79 bits per heavy atom. The Bertz CT molecular complexity index is 309. The van der Waals surface area contributed by atoms with E-state index in [1.807, 2.05) is 4.90 Å². The maximum Gasteiger partial charge on any atom is 0.317 e. The largest absolute Gasteiger partial charge is 0.396 e. The van der Waals surface area contributed by atoms with E-state index in [0.717, 1.165) is 25.8 Å². The molecule has 1 saturated carbocycles. The van der Waals surface area contributed by atoms with Crippen molar-refractivity contribution in [2.45, 2.75) is 52.0 Å². The molecule has 19 heavy (non-hydrogen) atoms. The van der Waals surface area contributed by atoms with Gasteiger partial charge in [-0.05, 0) is 37.0 Å². The smallest absolute Gasteiger partial charge is 0.317 e. The minimum Gasteiger partial charge on any atom is -0.396 e. The summed E-state index contributed by atoms with van der Waals surface area (Å²) in [5, 5.41) is 12.4. The van der Waals surface area contributed by atoms with Gasteiger partial charge in [-0.15, -0.1) is 0 Å². The second kappa shape index (κ2) is 6.60. The Balaban J connectivity index is 1.86. The molecule has 2 amide bonds. The van der Waals surface area contributed by atoms with Gasteiger partial charge in [-0.2, -0.15) is 0 Å². The van der Waals surface area contributed by atoms with Gasteiger partial charge < -0.3 is 15.3 Å². The zero-order valence-electron chi connectivity index (χ0n) is 12.3. The van der Waals surface area contributed by atoms with Gasteiger partial charge in [0.2, 0.25) is 0 Å². The van der Waals surface area contributed by atoms with Gasteiger partial charge in [-0.25, -0.2) is 4.79 Å². The zero-order valence-corrected chi connectivity index (χ0v) is 12.3. The number of hydrogen-bond acceptors (Lipinski definition) is 2. The maximum absolute atomic E-state index is 12.3. The van der Waals surface area contributed by atoms with E-state index in [2.05, 4.69) is 19.2 Å². The third-order valence-corrected chi connectivity index (χ3v) is 5.08. The van der Waals surface area contributed by atoms with E-state index in [9.17, 15) is 9.90 Å². The van der Waals surface area contributed by atoms with Crippen LogP contribution in [-0.4, -0.2) is 41.8 Å². The van der Waals surface area contributed by atoms with Gasteiger partial charge in [0.25, 0.3) is 0 Å². The third-order valence-electron chi connectivity index (χ3n) is 5.08. The summed E-state index contributed by atoms with van der Waals surface area (Å²) in [6, 6.07) is 0.398. The summed E-state index contributed by atoms with van der Waals surface area (Å²) in [5.41, 5.74) is 0. The van der Waals surface area contributed by atoms with Crippen LogP contribution >= 0.6 is 0 Å². The highest BCUT2D eigenvalue weighted by Gasteiger charge is 2.30. The van der Waals surface area contributed by atoms with Crippen LogP contribution < -0.4 is 5.32 Å². The molecule has 110 valence electrons. The molecule has 0 bridgehead atoms. The summed E-state index contributed by atoms with van der Waals surface area (Å²) in [4.78, 5) is 14.2. The Hall–Kier alpha value is -0.770. The van der Waals surface area contributed by atoms with Gasteiger partial charge in [-0.3, -0.25) is 0 Å². The van der Waals surface area contributed by atoms with Crippen molar-refractivity contribution in [1.29, 1.82) is 0 Å². The van der Waals surface area contributed by atoms with E-state index in [0.29, 0.717) is 24.4 Å². The molecule has 2 aliphatic rings. The van der Waals surface area contributed by atoms with Crippen LogP contribution in [0, 0.1) is 17.8 Å². The molecular weight excluding hydrogens is 240 g/mol. The van der Waals surface area contributed by atoms with Crippen molar-refractivity contribution in [3.05, 3.63) is 0 Å². The van der Waals surface area contributed by atoms with Crippen LogP contribution in [0.5, 0.6) is 0 Å². The Morgan fingerprint density at radius 2 is 2.05 bits per heavy atom. The first kappa shape index (κ1) is 14.6. The summed E-state index contributed by atoms with van der Waals surface area (Å²) in [5.74, 6) is 1.53. The molecule has 1 aliphatic carbocycles. The van der Waals surface area contributed by atoms with E-state index in [4.69, 9.17) is 0 Å². The number of likely N-dealkylation sites (tertiary alicyclic amines) is 1. The molecule has 0 aromatic rings. The topological polar surface area (TPSA) is 52.6 Å². The summed E-state index contributed by atoms with van der Waals surface area (Å²) < 4.78 is 0. The minimum absolute atomic E-state index is 0.0732. The molecule has 1 saturated heterocycles. The van der Waals surface area contributed by atoms with Crippen LogP contribution in [0.15, 0.2) is 0 Å². The highest BCUT2D eigenvalue weighted by molar-refractivity contribution is 5.74. The number of carbonyl (C=O) groups is 1. The van der Waals surface area contributed by atoms with E-state index in [-0.39, 0.29) is 18.6 Å². The summed E-state index contributed by atoms with van der Waals surface area (Å²) in [7, 11) is 0. The lowest BCUT2D eigenvalue weighted by molar-refractivity contribution is 0.121. The van der Waals surface area contributed by atoms with Crippen LogP contribution in [0.1, 0.15) is 46.0 Å². The van der Waals surface area contributed by atoms with Gasteiger partial charge in [-0.1, -0.05) is 26.7 Å². The number of nitrogens with one attached hydrogen (secondary N) is 1. The van der Waals surface area contributed by atoms with Crippen LogP contribution in [0.4, 0.5) is 4.79 Å². The Morgan fingerprint density at radius 1 is 1.26 bits per heavy atom. The van der Waals surface area contributed by atoms with Gasteiger partial charge in [0.1, 0.15) is 0 Å². The average molecular weight is 268 g/mol. The molecule has 0 aromatic heterocycles. The van der Waals surface area contributed by atoms with Crippen LogP contribution in [0.2, 0.25) is 0 Å². The molecule has 0 aromatic carbocycles.